The first kappa shape index (κ1) is 16.7. The number of aromatic nitrogens is 1. The lowest BCUT2D eigenvalue weighted by atomic mass is 9.76. The van der Waals surface area contributed by atoms with Crippen molar-refractivity contribution >= 4 is 0 Å². The number of methoxy groups -OCH3 is 1. The van der Waals surface area contributed by atoms with Gasteiger partial charge in [0.2, 0.25) is 0 Å². The van der Waals surface area contributed by atoms with Gasteiger partial charge in [-0.2, -0.15) is 0 Å². The second kappa shape index (κ2) is 7.18. The van der Waals surface area contributed by atoms with Crippen LogP contribution in [0, 0.1) is 11.8 Å². The molecule has 4 nitrogen and oxygen atoms in total. The molecule has 2 aliphatic rings. The van der Waals surface area contributed by atoms with Crippen LogP contribution in [0.5, 0.6) is 0 Å². The molecule has 0 saturated carbocycles. The fraction of sp³-hybridized carbons (Fsp3) is 0.737. The van der Waals surface area contributed by atoms with Gasteiger partial charge in [0.15, 0.2) is 0 Å². The van der Waals surface area contributed by atoms with Crippen LogP contribution in [0.3, 0.4) is 0 Å². The zero-order valence-electron chi connectivity index (χ0n) is 14.7. The minimum absolute atomic E-state index is 0.191. The highest BCUT2D eigenvalue weighted by Gasteiger charge is 2.39. The van der Waals surface area contributed by atoms with E-state index in [2.05, 4.69) is 29.4 Å². The zero-order chi connectivity index (χ0) is 16.4. The van der Waals surface area contributed by atoms with E-state index >= 15 is 0 Å². The number of piperidine rings is 1. The average molecular weight is 318 g/mol. The molecule has 0 aromatic carbocycles. The van der Waals surface area contributed by atoms with Crippen LogP contribution in [0.1, 0.15) is 50.8 Å². The molecule has 0 unspecified atom stereocenters. The van der Waals surface area contributed by atoms with E-state index in [0.717, 1.165) is 32.7 Å². The van der Waals surface area contributed by atoms with Gasteiger partial charge >= 0.3 is 0 Å². The van der Waals surface area contributed by atoms with E-state index in [1.165, 1.54) is 18.5 Å². The van der Waals surface area contributed by atoms with Gasteiger partial charge in [0, 0.05) is 50.5 Å². The van der Waals surface area contributed by atoms with Crippen LogP contribution >= 0.6 is 0 Å². The Labute approximate surface area is 139 Å². The molecule has 3 atom stereocenters. The molecule has 0 radical (unpaired) electrons. The third kappa shape index (κ3) is 3.53. The molecular formula is C19H30N2O2. The maximum atomic E-state index is 12.5. The SMILES string of the molecule is COCCN1C[C@H]2C[C@@H](C1)[C@H](CCC(C)C)n1c2cccc1=O. The van der Waals surface area contributed by atoms with Crippen molar-refractivity contribution < 1.29 is 4.74 Å². The number of rotatable bonds is 6. The Balaban J connectivity index is 1.89. The largest absolute Gasteiger partial charge is 0.383 e. The highest BCUT2D eigenvalue weighted by molar-refractivity contribution is 5.19. The number of ether oxygens (including phenoxy) is 1. The molecule has 3 heterocycles. The van der Waals surface area contributed by atoms with E-state index in [-0.39, 0.29) is 5.56 Å². The summed E-state index contributed by atoms with van der Waals surface area (Å²) >= 11 is 0. The van der Waals surface area contributed by atoms with Crippen molar-refractivity contribution in [2.45, 2.75) is 45.1 Å². The van der Waals surface area contributed by atoms with Crippen molar-refractivity contribution in [2.75, 3.05) is 33.4 Å². The molecular weight excluding hydrogens is 288 g/mol. The predicted molar refractivity (Wildman–Crippen MR) is 93.0 cm³/mol. The summed E-state index contributed by atoms with van der Waals surface area (Å²) in [6.45, 7) is 8.48. The third-order valence-corrected chi connectivity index (χ3v) is 5.53. The summed E-state index contributed by atoms with van der Waals surface area (Å²) in [7, 11) is 1.77. The van der Waals surface area contributed by atoms with Gasteiger partial charge in [-0.3, -0.25) is 4.79 Å². The van der Waals surface area contributed by atoms with E-state index in [0.29, 0.717) is 23.8 Å². The van der Waals surface area contributed by atoms with Crippen LogP contribution in [0.15, 0.2) is 23.0 Å². The zero-order valence-corrected chi connectivity index (χ0v) is 14.7. The Morgan fingerprint density at radius 3 is 2.87 bits per heavy atom. The summed E-state index contributed by atoms with van der Waals surface area (Å²) in [6.07, 6.45) is 3.53. The van der Waals surface area contributed by atoms with Crippen molar-refractivity contribution in [2.24, 2.45) is 11.8 Å². The highest BCUT2D eigenvalue weighted by Crippen LogP contribution is 2.43. The molecule has 2 aliphatic heterocycles. The van der Waals surface area contributed by atoms with Crippen LogP contribution in [0.4, 0.5) is 0 Å². The van der Waals surface area contributed by atoms with Crippen molar-refractivity contribution in [1.82, 2.24) is 9.47 Å². The van der Waals surface area contributed by atoms with Gasteiger partial charge in [0.25, 0.3) is 5.56 Å². The molecule has 1 fully saturated rings. The monoisotopic (exact) mass is 318 g/mol. The highest BCUT2D eigenvalue weighted by atomic mass is 16.5. The standard InChI is InChI=1S/C19H30N2O2/c1-14(2)7-8-18-16-11-15(12-20(13-16)9-10-23-3)17-5-4-6-19(22)21(17)18/h4-6,14-16,18H,7-13H2,1-3H3/t15-,16+,18+/m1/s1. The molecule has 2 bridgehead atoms. The fourth-order valence-electron chi connectivity index (χ4n) is 4.41. The second-order valence-electron chi connectivity index (χ2n) is 7.64. The number of hydrogen-bond donors (Lipinski definition) is 0. The number of pyridine rings is 1. The summed E-state index contributed by atoms with van der Waals surface area (Å²) in [5.41, 5.74) is 1.45. The number of fused-ring (bicyclic) bond motifs is 4. The van der Waals surface area contributed by atoms with Gasteiger partial charge in [-0.05, 0) is 37.2 Å². The Morgan fingerprint density at radius 2 is 2.13 bits per heavy atom. The van der Waals surface area contributed by atoms with Gasteiger partial charge in [0.05, 0.1) is 6.61 Å². The first-order chi connectivity index (χ1) is 11.1. The van der Waals surface area contributed by atoms with E-state index in [4.69, 9.17) is 4.74 Å². The molecule has 23 heavy (non-hydrogen) atoms. The number of likely N-dealkylation sites (tertiary alicyclic amines) is 1. The van der Waals surface area contributed by atoms with Crippen molar-refractivity contribution in [3.05, 3.63) is 34.2 Å². The lowest BCUT2D eigenvalue weighted by Crippen LogP contribution is -2.50. The minimum atomic E-state index is 0.191. The lowest BCUT2D eigenvalue weighted by molar-refractivity contribution is 0.0632. The maximum Gasteiger partial charge on any atom is 0.250 e. The van der Waals surface area contributed by atoms with Crippen LogP contribution < -0.4 is 5.56 Å². The molecule has 3 rings (SSSR count). The topological polar surface area (TPSA) is 34.5 Å². The Morgan fingerprint density at radius 1 is 1.30 bits per heavy atom. The predicted octanol–water partition coefficient (Wildman–Crippen LogP) is 2.89. The van der Waals surface area contributed by atoms with Gasteiger partial charge in [0.1, 0.15) is 0 Å². The van der Waals surface area contributed by atoms with Crippen LogP contribution in [-0.2, 0) is 4.74 Å². The summed E-state index contributed by atoms with van der Waals surface area (Å²) in [6, 6.07) is 6.20. The molecule has 0 aliphatic carbocycles. The second-order valence-corrected chi connectivity index (χ2v) is 7.64. The molecule has 4 heteroatoms. The van der Waals surface area contributed by atoms with Gasteiger partial charge < -0.3 is 14.2 Å². The molecule has 1 saturated heterocycles. The van der Waals surface area contributed by atoms with Gasteiger partial charge in [-0.15, -0.1) is 0 Å². The summed E-state index contributed by atoms with van der Waals surface area (Å²) < 4.78 is 7.40. The molecule has 0 spiro atoms. The van der Waals surface area contributed by atoms with Crippen molar-refractivity contribution in [3.63, 3.8) is 0 Å². The molecule has 128 valence electrons. The van der Waals surface area contributed by atoms with Crippen LogP contribution in [0.25, 0.3) is 0 Å². The van der Waals surface area contributed by atoms with Gasteiger partial charge in [-0.1, -0.05) is 19.9 Å². The van der Waals surface area contributed by atoms with Gasteiger partial charge in [-0.25, -0.2) is 0 Å². The Kier molecular flexibility index (Phi) is 5.22. The molecule has 1 aromatic rings. The Bertz CT molecular complexity index is 581. The lowest BCUT2D eigenvalue weighted by Gasteiger charge is -2.47. The number of hydrogen-bond acceptors (Lipinski definition) is 3. The summed E-state index contributed by atoms with van der Waals surface area (Å²) in [4.78, 5) is 15.1. The van der Waals surface area contributed by atoms with E-state index < -0.39 is 0 Å². The minimum Gasteiger partial charge on any atom is -0.383 e. The first-order valence-electron chi connectivity index (χ1n) is 9.03. The normalized spacial score (nSPS) is 27.2. The number of nitrogens with zero attached hydrogens (tertiary/aromatic N) is 2. The molecule has 0 amide bonds. The fourth-order valence-corrected chi connectivity index (χ4v) is 4.41. The quantitative estimate of drug-likeness (QED) is 0.809. The van der Waals surface area contributed by atoms with E-state index in [1.54, 1.807) is 13.2 Å². The average Bonchev–Trinajstić information content (AvgIpc) is 2.53. The maximum absolute atomic E-state index is 12.5. The van der Waals surface area contributed by atoms with Crippen molar-refractivity contribution in [3.8, 4) is 0 Å². The van der Waals surface area contributed by atoms with E-state index in [9.17, 15) is 4.79 Å². The van der Waals surface area contributed by atoms with Crippen LogP contribution in [-0.4, -0.2) is 42.8 Å². The molecule has 1 aromatic heterocycles. The summed E-state index contributed by atoms with van der Waals surface area (Å²) in [5, 5.41) is 0. The van der Waals surface area contributed by atoms with Crippen molar-refractivity contribution in [1.29, 1.82) is 0 Å². The Hall–Kier alpha value is -1.13. The first-order valence-corrected chi connectivity index (χ1v) is 9.03. The third-order valence-electron chi connectivity index (χ3n) is 5.53. The van der Waals surface area contributed by atoms with Crippen LogP contribution in [0.2, 0.25) is 0 Å². The molecule has 0 N–H and O–H groups in total. The van der Waals surface area contributed by atoms with E-state index in [1.807, 2.05) is 6.07 Å². The summed E-state index contributed by atoms with van der Waals surface area (Å²) in [5.74, 6) is 1.77. The smallest absolute Gasteiger partial charge is 0.250 e.